The minimum absolute atomic E-state index is 0.529. The largest absolute Gasteiger partial charge is 0.497 e. The van der Waals surface area contributed by atoms with Crippen molar-refractivity contribution in [1.29, 1.82) is 0 Å². The lowest BCUT2D eigenvalue weighted by Crippen LogP contribution is -2.54. The summed E-state index contributed by atoms with van der Waals surface area (Å²) in [6, 6.07) is 20.5. The van der Waals surface area contributed by atoms with Crippen LogP contribution in [0.4, 0.5) is 0 Å². The number of rotatable bonds is 8. The highest BCUT2D eigenvalue weighted by molar-refractivity contribution is 5.28. The number of ether oxygens (including phenoxy) is 1. The molecule has 3 nitrogen and oxygen atoms in total. The zero-order valence-corrected chi connectivity index (χ0v) is 14.7. The molecule has 1 aliphatic heterocycles. The van der Waals surface area contributed by atoms with Crippen molar-refractivity contribution in [2.24, 2.45) is 0 Å². The van der Waals surface area contributed by atoms with Crippen LogP contribution in [0, 0.1) is 0 Å². The molecule has 0 unspecified atom stereocenters. The first-order chi connectivity index (χ1) is 11.8. The Morgan fingerprint density at radius 2 is 1.83 bits per heavy atom. The molecule has 24 heavy (non-hydrogen) atoms. The molecule has 3 rings (SSSR count). The summed E-state index contributed by atoms with van der Waals surface area (Å²) in [5.74, 6) is 0.920. The van der Waals surface area contributed by atoms with Gasteiger partial charge in [-0.15, -0.1) is 0 Å². The third-order valence-corrected chi connectivity index (χ3v) is 4.88. The van der Waals surface area contributed by atoms with E-state index in [0.717, 1.165) is 25.4 Å². The molecule has 2 aromatic rings. The Labute approximate surface area is 145 Å². The highest BCUT2D eigenvalue weighted by Crippen LogP contribution is 2.39. The number of methoxy groups -OCH3 is 1. The average molecular weight is 324 g/mol. The lowest BCUT2D eigenvalue weighted by molar-refractivity contribution is 0.00585. The molecule has 1 N–H and O–H groups in total. The average Bonchev–Trinajstić information content (AvgIpc) is 2.63. The molecule has 0 bridgehead atoms. The number of hydrogen-bond acceptors (Lipinski definition) is 3. The van der Waals surface area contributed by atoms with Crippen molar-refractivity contribution in [2.45, 2.75) is 38.4 Å². The second-order valence-electron chi connectivity index (χ2n) is 6.54. The summed E-state index contributed by atoms with van der Waals surface area (Å²) < 4.78 is 5.27. The van der Waals surface area contributed by atoms with Gasteiger partial charge in [0.15, 0.2) is 0 Å². The molecular weight excluding hydrogens is 296 g/mol. The summed E-state index contributed by atoms with van der Waals surface area (Å²) >= 11 is 0. The van der Waals surface area contributed by atoms with Crippen LogP contribution in [-0.2, 0) is 6.54 Å². The topological polar surface area (TPSA) is 24.5 Å². The molecular formula is C21H28N2O. The Kier molecular flexibility index (Phi) is 5.89. The van der Waals surface area contributed by atoms with Crippen LogP contribution < -0.4 is 10.1 Å². The monoisotopic (exact) mass is 324 g/mol. The molecule has 0 aliphatic carbocycles. The highest BCUT2D eigenvalue weighted by Gasteiger charge is 2.38. The highest BCUT2D eigenvalue weighted by atomic mass is 16.5. The number of likely N-dealkylation sites (tertiary alicyclic amines) is 1. The van der Waals surface area contributed by atoms with E-state index in [1.165, 1.54) is 24.0 Å². The predicted molar refractivity (Wildman–Crippen MR) is 99.3 cm³/mol. The number of hydrogen-bond donors (Lipinski definition) is 1. The lowest BCUT2D eigenvalue weighted by Gasteiger charge is -2.49. The first-order valence-corrected chi connectivity index (χ1v) is 8.96. The molecule has 0 radical (unpaired) electrons. The van der Waals surface area contributed by atoms with Gasteiger partial charge in [0.25, 0.3) is 0 Å². The van der Waals surface area contributed by atoms with Crippen molar-refractivity contribution in [2.75, 3.05) is 20.2 Å². The van der Waals surface area contributed by atoms with Gasteiger partial charge in [-0.2, -0.15) is 0 Å². The van der Waals surface area contributed by atoms with Crippen LogP contribution in [0.5, 0.6) is 5.75 Å². The second-order valence-corrected chi connectivity index (χ2v) is 6.54. The number of benzene rings is 2. The maximum atomic E-state index is 5.27. The Hall–Kier alpha value is -1.84. The normalized spacial score (nSPS) is 20.6. The fourth-order valence-corrected chi connectivity index (χ4v) is 3.47. The third-order valence-electron chi connectivity index (χ3n) is 4.88. The van der Waals surface area contributed by atoms with E-state index in [1.807, 2.05) is 0 Å². The third kappa shape index (κ3) is 3.97. The molecule has 1 saturated heterocycles. The fraction of sp³-hybridized carbons (Fsp3) is 0.429. The van der Waals surface area contributed by atoms with Gasteiger partial charge < -0.3 is 10.1 Å². The van der Waals surface area contributed by atoms with Crippen LogP contribution in [0.3, 0.4) is 0 Å². The van der Waals surface area contributed by atoms with Crippen LogP contribution in [0.2, 0.25) is 0 Å². The van der Waals surface area contributed by atoms with Gasteiger partial charge in [-0.1, -0.05) is 49.4 Å². The Balaban J connectivity index is 1.69. The zero-order valence-electron chi connectivity index (χ0n) is 14.7. The number of nitrogens with zero attached hydrogens (tertiary/aromatic N) is 1. The molecule has 128 valence electrons. The first-order valence-electron chi connectivity index (χ1n) is 8.96. The van der Waals surface area contributed by atoms with E-state index in [4.69, 9.17) is 4.74 Å². The van der Waals surface area contributed by atoms with Gasteiger partial charge in [-0.05, 0) is 42.6 Å². The minimum atomic E-state index is 0.529. The quantitative estimate of drug-likeness (QED) is 0.743. The summed E-state index contributed by atoms with van der Waals surface area (Å²) in [5.41, 5.74) is 2.77. The molecule has 0 spiro atoms. The molecule has 1 fully saturated rings. The maximum absolute atomic E-state index is 5.27. The van der Waals surface area contributed by atoms with E-state index in [2.05, 4.69) is 71.7 Å². The molecule has 3 heteroatoms. The van der Waals surface area contributed by atoms with Crippen LogP contribution in [0.25, 0.3) is 0 Å². The molecule has 0 amide bonds. The number of nitrogens with one attached hydrogen (secondary N) is 1. The molecule has 1 aliphatic rings. The van der Waals surface area contributed by atoms with Crippen molar-refractivity contribution >= 4 is 0 Å². The standard InChI is InChI=1S/C21H28N2O/c1-3-13-22-15-19-14-21(18-7-5-4-6-8-18)23(19)16-17-9-11-20(24-2)12-10-17/h4-12,19,21-22H,3,13-16H2,1-2H3/t19-,21+/m0/s1. The van der Waals surface area contributed by atoms with E-state index in [9.17, 15) is 0 Å². The maximum Gasteiger partial charge on any atom is 0.118 e. The van der Waals surface area contributed by atoms with Gasteiger partial charge >= 0.3 is 0 Å². The molecule has 2 aromatic carbocycles. The van der Waals surface area contributed by atoms with Gasteiger partial charge in [-0.25, -0.2) is 0 Å². The van der Waals surface area contributed by atoms with Gasteiger partial charge in [0.2, 0.25) is 0 Å². The summed E-state index contributed by atoms with van der Waals surface area (Å²) in [4.78, 5) is 2.62. The van der Waals surface area contributed by atoms with Gasteiger partial charge in [0.1, 0.15) is 5.75 Å². The molecule has 0 saturated carbocycles. The second kappa shape index (κ2) is 8.32. The van der Waals surface area contributed by atoms with Crippen LogP contribution in [0.1, 0.15) is 36.9 Å². The molecule has 2 atom stereocenters. The smallest absolute Gasteiger partial charge is 0.118 e. The van der Waals surface area contributed by atoms with Crippen molar-refractivity contribution in [1.82, 2.24) is 10.2 Å². The summed E-state index contributed by atoms with van der Waals surface area (Å²) in [6.07, 6.45) is 2.42. The minimum Gasteiger partial charge on any atom is -0.497 e. The van der Waals surface area contributed by atoms with Crippen molar-refractivity contribution < 1.29 is 4.74 Å². The fourth-order valence-electron chi connectivity index (χ4n) is 3.47. The summed E-state index contributed by atoms with van der Waals surface area (Å²) in [5, 5.41) is 3.58. The van der Waals surface area contributed by atoms with E-state index in [0.29, 0.717) is 12.1 Å². The van der Waals surface area contributed by atoms with Gasteiger partial charge in [0, 0.05) is 25.2 Å². The Morgan fingerprint density at radius 3 is 2.50 bits per heavy atom. The SMILES string of the molecule is CCCNC[C@@H]1C[C@H](c2ccccc2)N1Cc1ccc(OC)cc1. The van der Waals surface area contributed by atoms with E-state index < -0.39 is 0 Å². The Bertz CT molecular complexity index is 611. The zero-order chi connectivity index (χ0) is 16.8. The van der Waals surface area contributed by atoms with E-state index >= 15 is 0 Å². The van der Waals surface area contributed by atoms with Crippen LogP contribution >= 0.6 is 0 Å². The van der Waals surface area contributed by atoms with Crippen molar-refractivity contribution in [3.63, 3.8) is 0 Å². The van der Waals surface area contributed by atoms with E-state index in [1.54, 1.807) is 7.11 Å². The Morgan fingerprint density at radius 1 is 1.08 bits per heavy atom. The van der Waals surface area contributed by atoms with Crippen LogP contribution in [-0.4, -0.2) is 31.1 Å². The molecule has 0 aromatic heterocycles. The van der Waals surface area contributed by atoms with E-state index in [-0.39, 0.29) is 0 Å². The van der Waals surface area contributed by atoms with Crippen molar-refractivity contribution in [3.05, 3.63) is 65.7 Å². The predicted octanol–water partition coefficient (Wildman–Crippen LogP) is 4.01. The molecule has 1 heterocycles. The van der Waals surface area contributed by atoms with Gasteiger partial charge in [-0.3, -0.25) is 4.90 Å². The first kappa shape index (κ1) is 17.0. The lowest BCUT2D eigenvalue weighted by atomic mass is 9.86. The van der Waals surface area contributed by atoms with Crippen LogP contribution in [0.15, 0.2) is 54.6 Å². The van der Waals surface area contributed by atoms with Crippen molar-refractivity contribution in [3.8, 4) is 5.75 Å². The summed E-state index contributed by atoms with van der Waals surface area (Å²) in [6.45, 7) is 5.38. The summed E-state index contributed by atoms with van der Waals surface area (Å²) in [7, 11) is 1.71. The van der Waals surface area contributed by atoms with Gasteiger partial charge in [0.05, 0.1) is 7.11 Å².